The molecule has 0 radical (unpaired) electrons. The lowest BCUT2D eigenvalue weighted by molar-refractivity contribution is -0.274. The molecule has 0 fully saturated rings. The van der Waals surface area contributed by atoms with Crippen LogP contribution in [0.5, 0.6) is 5.75 Å². The number of hydrogen-bond donors (Lipinski definition) is 1. The van der Waals surface area contributed by atoms with Crippen LogP contribution in [0.2, 0.25) is 0 Å². The number of rotatable bonds is 5. The monoisotopic (exact) mass is 409 g/mol. The molecule has 2 aromatic heterocycles. The second-order valence-electron chi connectivity index (χ2n) is 6.48. The smallest absolute Gasteiger partial charge is 0.406 e. The van der Waals surface area contributed by atoms with E-state index in [-0.39, 0.29) is 12.3 Å². The highest BCUT2D eigenvalue weighted by Crippen LogP contribution is 2.24. The number of alkyl halides is 3. The molecule has 0 saturated heterocycles. The molecular weight excluding hydrogens is 391 g/mol. The SMILES string of the molecule is Cc1nn(C)c2cnn(CC(=O)NC(C)c3ccc(OC(F)(F)F)cc3)c(=O)c12. The fourth-order valence-electron chi connectivity index (χ4n) is 2.97. The number of ether oxygens (including phenoxy) is 1. The van der Waals surface area contributed by atoms with E-state index in [1.165, 1.54) is 23.0 Å². The molecule has 154 valence electrons. The predicted octanol–water partition coefficient (Wildman–Crippen LogP) is 2.21. The third-order valence-electron chi connectivity index (χ3n) is 4.32. The largest absolute Gasteiger partial charge is 0.573 e. The molecule has 29 heavy (non-hydrogen) atoms. The first-order valence-corrected chi connectivity index (χ1v) is 8.59. The van der Waals surface area contributed by atoms with E-state index >= 15 is 0 Å². The Morgan fingerprint density at radius 2 is 1.93 bits per heavy atom. The molecule has 3 aromatic rings. The fourth-order valence-corrected chi connectivity index (χ4v) is 2.97. The molecule has 1 amide bonds. The summed E-state index contributed by atoms with van der Waals surface area (Å²) < 4.78 is 43.0. The fraction of sp³-hybridized carbons (Fsp3) is 0.333. The zero-order valence-corrected chi connectivity index (χ0v) is 15.8. The molecule has 2 heterocycles. The first-order chi connectivity index (χ1) is 13.5. The predicted molar refractivity (Wildman–Crippen MR) is 97.2 cm³/mol. The van der Waals surface area contributed by atoms with E-state index in [1.54, 1.807) is 20.9 Å². The van der Waals surface area contributed by atoms with E-state index in [1.807, 2.05) is 0 Å². The van der Waals surface area contributed by atoms with Gasteiger partial charge in [0.15, 0.2) is 0 Å². The van der Waals surface area contributed by atoms with E-state index in [0.29, 0.717) is 22.2 Å². The number of amides is 1. The lowest BCUT2D eigenvalue weighted by Gasteiger charge is -2.15. The Morgan fingerprint density at radius 3 is 2.55 bits per heavy atom. The molecule has 0 bridgehead atoms. The first kappa shape index (κ1) is 20.4. The van der Waals surface area contributed by atoms with E-state index in [2.05, 4.69) is 20.3 Å². The van der Waals surface area contributed by atoms with Crippen molar-refractivity contribution >= 4 is 16.8 Å². The molecule has 0 spiro atoms. The minimum absolute atomic E-state index is 0.303. The van der Waals surface area contributed by atoms with Crippen molar-refractivity contribution in [1.82, 2.24) is 24.9 Å². The highest BCUT2D eigenvalue weighted by molar-refractivity contribution is 5.80. The third kappa shape index (κ3) is 4.55. The number of carbonyl (C=O) groups is 1. The zero-order valence-electron chi connectivity index (χ0n) is 15.8. The maximum atomic E-state index is 12.6. The average molecular weight is 409 g/mol. The molecule has 8 nitrogen and oxygen atoms in total. The molecule has 0 aliphatic heterocycles. The molecule has 1 aromatic carbocycles. The summed E-state index contributed by atoms with van der Waals surface area (Å²) in [4.78, 5) is 24.9. The van der Waals surface area contributed by atoms with Crippen LogP contribution in [-0.2, 0) is 18.4 Å². The molecular formula is C18H18F3N5O3. The molecule has 0 aliphatic rings. The van der Waals surface area contributed by atoms with Gasteiger partial charge in [-0.25, -0.2) is 4.68 Å². The Hall–Kier alpha value is -3.37. The summed E-state index contributed by atoms with van der Waals surface area (Å²) in [6.07, 6.45) is -3.30. The van der Waals surface area contributed by atoms with Crippen LogP contribution in [0.3, 0.4) is 0 Å². The van der Waals surface area contributed by atoms with Crippen LogP contribution in [0.4, 0.5) is 13.2 Å². The van der Waals surface area contributed by atoms with Crippen molar-refractivity contribution in [2.24, 2.45) is 7.05 Å². The number of benzene rings is 1. The molecule has 3 rings (SSSR count). The minimum atomic E-state index is -4.77. The summed E-state index contributed by atoms with van der Waals surface area (Å²) in [7, 11) is 1.69. The van der Waals surface area contributed by atoms with Crippen molar-refractivity contribution < 1.29 is 22.7 Å². The van der Waals surface area contributed by atoms with Crippen LogP contribution in [-0.4, -0.2) is 31.8 Å². The number of fused-ring (bicyclic) bond motifs is 1. The standard InChI is InChI=1S/C18H18F3N5O3/c1-10(12-4-6-13(7-5-12)29-18(19,20)21)23-15(27)9-26-17(28)16-11(2)24-25(3)14(16)8-22-26/h4-8,10H,9H2,1-3H3,(H,23,27). The van der Waals surface area contributed by atoms with E-state index in [0.717, 1.165) is 16.8 Å². The van der Waals surface area contributed by atoms with Gasteiger partial charge in [0, 0.05) is 7.05 Å². The molecule has 0 saturated carbocycles. The van der Waals surface area contributed by atoms with Gasteiger partial charge < -0.3 is 10.1 Å². The summed E-state index contributed by atoms with van der Waals surface area (Å²) in [6.45, 7) is 3.06. The second-order valence-corrected chi connectivity index (χ2v) is 6.48. The Balaban J connectivity index is 1.69. The first-order valence-electron chi connectivity index (χ1n) is 8.59. The molecule has 11 heteroatoms. The maximum Gasteiger partial charge on any atom is 0.573 e. The van der Waals surface area contributed by atoms with Crippen molar-refractivity contribution in [2.45, 2.75) is 32.8 Å². The second kappa shape index (κ2) is 7.57. The molecule has 1 N–H and O–H groups in total. The quantitative estimate of drug-likeness (QED) is 0.698. The van der Waals surface area contributed by atoms with Crippen molar-refractivity contribution in [2.75, 3.05) is 0 Å². The number of nitrogens with zero attached hydrogens (tertiary/aromatic N) is 4. The minimum Gasteiger partial charge on any atom is -0.406 e. The third-order valence-corrected chi connectivity index (χ3v) is 4.32. The summed E-state index contributed by atoms with van der Waals surface area (Å²) >= 11 is 0. The Bertz CT molecular complexity index is 1100. The van der Waals surface area contributed by atoms with Crippen molar-refractivity contribution in [1.29, 1.82) is 0 Å². The van der Waals surface area contributed by atoms with Crippen molar-refractivity contribution in [3.8, 4) is 5.75 Å². The lowest BCUT2D eigenvalue weighted by atomic mass is 10.1. The number of nitrogens with one attached hydrogen (secondary N) is 1. The summed E-state index contributed by atoms with van der Waals surface area (Å²) in [5, 5.41) is 11.3. The van der Waals surface area contributed by atoms with E-state index in [4.69, 9.17) is 0 Å². The molecule has 0 aliphatic carbocycles. The number of halogens is 3. The van der Waals surface area contributed by atoms with Gasteiger partial charge in [-0.2, -0.15) is 10.2 Å². The van der Waals surface area contributed by atoms with Crippen LogP contribution < -0.4 is 15.6 Å². The van der Waals surface area contributed by atoms with Gasteiger partial charge >= 0.3 is 6.36 Å². The molecule has 1 atom stereocenters. The zero-order chi connectivity index (χ0) is 21.3. The summed E-state index contributed by atoms with van der Waals surface area (Å²) in [5.41, 5.74) is 1.26. The van der Waals surface area contributed by atoms with Gasteiger partial charge in [0.05, 0.1) is 28.8 Å². The number of aryl methyl sites for hydroxylation is 2. The van der Waals surface area contributed by atoms with E-state index < -0.39 is 23.9 Å². The number of hydrogen-bond acceptors (Lipinski definition) is 5. The van der Waals surface area contributed by atoms with Crippen LogP contribution in [0.15, 0.2) is 35.3 Å². The van der Waals surface area contributed by atoms with Gasteiger partial charge in [0.1, 0.15) is 12.3 Å². The van der Waals surface area contributed by atoms with Gasteiger partial charge in [-0.3, -0.25) is 14.3 Å². The summed E-state index contributed by atoms with van der Waals surface area (Å²) in [6, 6.07) is 4.66. The van der Waals surface area contributed by atoms with Gasteiger partial charge in [-0.1, -0.05) is 12.1 Å². The topological polar surface area (TPSA) is 91.0 Å². The van der Waals surface area contributed by atoms with Crippen LogP contribution >= 0.6 is 0 Å². The Kier molecular flexibility index (Phi) is 5.31. The van der Waals surface area contributed by atoms with Gasteiger partial charge in [-0.15, -0.1) is 13.2 Å². The van der Waals surface area contributed by atoms with Crippen molar-refractivity contribution in [3.05, 3.63) is 52.1 Å². The number of carbonyl (C=O) groups excluding carboxylic acids is 1. The Morgan fingerprint density at radius 1 is 1.28 bits per heavy atom. The Labute approximate surface area is 162 Å². The highest BCUT2D eigenvalue weighted by Gasteiger charge is 2.31. The van der Waals surface area contributed by atoms with Crippen LogP contribution in [0, 0.1) is 6.92 Å². The van der Waals surface area contributed by atoms with Gasteiger partial charge in [0.2, 0.25) is 5.91 Å². The van der Waals surface area contributed by atoms with Gasteiger partial charge in [-0.05, 0) is 31.5 Å². The van der Waals surface area contributed by atoms with Gasteiger partial charge in [0.25, 0.3) is 5.56 Å². The van der Waals surface area contributed by atoms with Crippen LogP contribution in [0.25, 0.3) is 10.9 Å². The average Bonchev–Trinajstić information content (AvgIpc) is 2.91. The maximum absolute atomic E-state index is 12.6. The van der Waals surface area contributed by atoms with Crippen molar-refractivity contribution in [3.63, 3.8) is 0 Å². The van der Waals surface area contributed by atoms with Crippen LogP contribution in [0.1, 0.15) is 24.2 Å². The number of aromatic nitrogens is 4. The molecule has 1 unspecified atom stereocenters. The lowest BCUT2D eigenvalue weighted by Crippen LogP contribution is -2.35. The van der Waals surface area contributed by atoms with E-state index in [9.17, 15) is 22.8 Å². The highest BCUT2D eigenvalue weighted by atomic mass is 19.4. The normalized spacial score (nSPS) is 12.8. The summed E-state index contributed by atoms with van der Waals surface area (Å²) in [5.74, 6) is -0.820.